The zero-order chi connectivity index (χ0) is 14.0. The second-order valence-electron chi connectivity index (χ2n) is 3.21. The minimum atomic E-state index is -0.224. The van der Waals surface area contributed by atoms with Gasteiger partial charge in [-0.3, -0.25) is 11.8 Å². The first-order chi connectivity index (χ1) is 8.72. The fourth-order valence-corrected chi connectivity index (χ4v) is 1.42. The molecule has 1 amide bonds. The number of nitrogens with zero attached hydrogens (tertiary/aromatic N) is 2. The number of allylic oxidation sites excluding steroid dienone is 3. The number of hydrogen-bond donors (Lipinski definition) is 1. The van der Waals surface area contributed by atoms with Gasteiger partial charge >= 0.3 is 0 Å². The van der Waals surface area contributed by atoms with Crippen LogP contribution in [0, 0.1) is 13.1 Å². The molecule has 1 heterocycles. The predicted octanol–water partition coefficient (Wildman–Crippen LogP) is 2.50. The zero-order valence-electron chi connectivity index (χ0n) is 11.9. The first kappa shape index (κ1) is 20.6. The summed E-state index contributed by atoms with van der Waals surface area (Å²) in [6.07, 6.45) is 6.67. The third-order valence-corrected chi connectivity index (χ3v) is 2.22. The van der Waals surface area contributed by atoms with Gasteiger partial charge < -0.3 is 15.3 Å². The van der Waals surface area contributed by atoms with Gasteiger partial charge in [-0.05, 0) is 5.71 Å². The molecular formula is C14H21N3OY-2. The van der Waals surface area contributed by atoms with Crippen LogP contribution in [0.25, 0.3) is 0 Å². The number of carbonyl (C=O) groups is 1. The summed E-state index contributed by atoms with van der Waals surface area (Å²) in [6.45, 7) is 7.59. The number of amides is 1. The van der Waals surface area contributed by atoms with Gasteiger partial charge in [0, 0.05) is 39.8 Å². The van der Waals surface area contributed by atoms with Crippen molar-refractivity contribution in [3.63, 3.8) is 0 Å². The molecule has 0 aromatic carbocycles. The molecule has 103 valence electrons. The van der Waals surface area contributed by atoms with Crippen LogP contribution >= 0.6 is 0 Å². The molecule has 0 saturated heterocycles. The maximum atomic E-state index is 11.3. The molecule has 4 nitrogen and oxygen atoms in total. The molecular weight excluding hydrogens is 315 g/mol. The number of aliphatic imine (C=N–C) groups is 2. The minimum absolute atomic E-state index is 0. The Labute approximate surface area is 141 Å². The second-order valence-corrected chi connectivity index (χ2v) is 3.21. The smallest absolute Gasteiger partial charge is 0.153 e. The van der Waals surface area contributed by atoms with Gasteiger partial charge in [0.15, 0.2) is 5.91 Å². The average molecular weight is 336 g/mol. The molecule has 19 heavy (non-hydrogen) atoms. The van der Waals surface area contributed by atoms with Gasteiger partial charge in [-0.25, -0.2) is 0 Å². The fraction of sp³-hybridized carbons (Fsp3) is 0.357. The van der Waals surface area contributed by atoms with Crippen molar-refractivity contribution < 1.29 is 37.5 Å². The van der Waals surface area contributed by atoms with E-state index in [2.05, 4.69) is 28.9 Å². The van der Waals surface area contributed by atoms with Crippen molar-refractivity contribution in [2.75, 3.05) is 7.05 Å². The number of hydrogen-bond acceptors (Lipinski definition) is 3. The van der Waals surface area contributed by atoms with E-state index >= 15 is 0 Å². The van der Waals surface area contributed by atoms with Gasteiger partial charge in [0.25, 0.3) is 0 Å². The summed E-state index contributed by atoms with van der Waals surface area (Å²) in [5.41, 5.74) is 1.62. The third kappa shape index (κ3) is 6.83. The summed E-state index contributed by atoms with van der Waals surface area (Å²) in [6, 6.07) is 0.512. The molecule has 1 rings (SSSR count). The first-order valence-corrected chi connectivity index (χ1v) is 6.00. The van der Waals surface area contributed by atoms with Gasteiger partial charge in [0.1, 0.15) is 0 Å². The van der Waals surface area contributed by atoms with Crippen LogP contribution in [0.4, 0.5) is 0 Å². The molecule has 0 unspecified atom stereocenters. The van der Waals surface area contributed by atoms with Crippen LogP contribution in [0.15, 0.2) is 34.8 Å². The number of nitrogens with one attached hydrogen (secondary N) is 1. The Kier molecular flexibility index (Phi) is 13.3. The van der Waals surface area contributed by atoms with E-state index < -0.39 is 0 Å². The maximum Gasteiger partial charge on any atom is 0.153 e. The van der Waals surface area contributed by atoms with E-state index in [1.807, 2.05) is 19.9 Å². The van der Waals surface area contributed by atoms with Crippen molar-refractivity contribution in [2.45, 2.75) is 26.7 Å². The maximum absolute atomic E-state index is 11.3. The summed E-state index contributed by atoms with van der Waals surface area (Å²) in [5, 5.41) is 2.32. The molecule has 0 saturated carbocycles. The SMILES string of the molecule is C=C/C=C\C(=NC)C1=N[C-](C(=O)N[CH2-])CC1.CC.[Y]. The molecule has 1 aliphatic rings. The van der Waals surface area contributed by atoms with Gasteiger partial charge in [0.2, 0.25) is 0 Å². The number of rotatable bonds is 4. The Morgan fingerprint density at radius 1 is 1.58 bits per heavy atom. The molecule has 0 aromatic rings. The Hall–Kier alpha value is -0.736. The molecule has 1 radical (unpaired) electrons. The fourth-order valence-electron chi connectivity index (χ4n) is 1.42. The first-order valence-electron chi connectivity index (χ1n) is 6.00. The summed E-state index contributed by atoms with van der Waals surface area (Å²) in [7, 11) is 5.02. The van der Waals surface area contributed by atoms with Gasteiger partial charge in [-0.1, -0.05) is 63.2 Å². The number of carbonyl (C=O) groups excluding carboxylic acids is 1. The third-order valence-electron chi connectivity index (χ3n) is 2.22. The molecule has 1 aliphatic heterocycles. The van der Waals surface area contributed by atoms with Crippen LogP contribution < -0.4 is 5.32 Å². The van der Waals surface area contributed by atoms with E-state index in [1.54, 1.807) is 19.2 Å². The van der Waals surface area contributed by atoms with Crippen molar-refractivity contribution in [3.05, 3.63) is 37.9 Å². The quantitative estimate of drug-likeness (QED) is 0.479. The topological polar surface area (TPSA) is 53.8 Å². The average Bonchev–Trinajstić information content (AvgIpc) is 2.91. The normalized spacial score (nSPS) is 14.2. The Morgan fingerprint density at radius 3 is 2.68 bits per heavy atom. The Morgan fingerprint density at radius 2 is 2.21 bits per heavy atom. The summed E-state index contributed by atoms with van der Waals surface area (Å²) in [5.74, 6) is -0.224. The Bertz CT molecular complexity index is 373. The van der Waals surface area contributed by atoms with Crippen molar-refractivity contribution in [2.24, 2.45) is 9.98 Å². The van der Waals surface area contributed by atoms with Crippen molar-refractivity contribution in [1.82, 2.24) is 5.32 Å². The van der Waals surface area contributed by atoms with Crippen molar-refractivity contribution >= 4 is 17.3 Å². The van der Waals surface area contributed by atoms with Crippen LogP contribution in [0.2, 0.25) is 0 Å². The van der Waals surface area contributed by atoms with Crippen LogP contribution in [-0.4, -0.2) is 24.4 Å². The van der Waals surface area contributed by atoms with E-state index in [4.69, 9.17) is 0 Å². The molecule has 0 fully saturated rings. The molecule has 5 heteroatoms. The molecule has 0 aromatic heterocycles. The van der Waals surface area contributed by atoms with E-state index in [9.17, 15) is 4.79 Å². The van der Waals surface area contributed by atoms with Gasteiger partial charge in [-0.2, -0.15) is 0 Å². The summed E-state index contributed by atoms with van der Waals surface area (Å²) < 4.78 is 0. The van der Waals surface area contributed by atoms with Crippen LogP contribution in [0.1, 0.15) is 26.7 Å². The predicted molar refractivity (Wildman–Crippen MR) is 77.5 cm³/mol. The zero-order valence-corrected chi connectivity index (χ0v) is 14.8. The molecule has 0 aliphatic carbocycles. The van der Waals surface area contributed by atoms with Gasteiger partial charge in [-0.15, -0.1) is 0 Å². The van der Waals surface area contributed by atoms with E-state index in [1.165, 1.54) is 0 Å². The monoisotopic (exact) mass is 336 g/mol. The van der Waals surface area contributed by atoms with Crippen molar-refractivity contribution in [1.29, 1.82) is 0 Å². The molecule has 0 atom stereocenters. The van der Waals surface area contributed by atoms with E-state index in [-0.39, 0.29) is 38.6 Å². The van der Waals surface area contributed by atoms with E-state index in [0.29, 0.717) is 12.5 Å². The molecule has 1 N–H and O–H groups in total. The van der Waals surface area contributed by atoms with Gasteiger partial charge in [0.05, 0.1) is 0 Å². The summed E-state index contributed by atoms with van der Waals surface area (Å²) >= 11 is 0. The summed E-state index contributed by atoms with van der Waals surface area (Å²) in [4.78, 5) is 19.7. The standard InChI is InChI=1S/C12H15N3O.C2H6.Y/c1-4-5-6-9(13-2)10-7-8-11(15-10)12(16)14-3;1-2;/h4-6H,1,3,7-8H2,2H3,(H,14,16);1-2H3;/q-2;;/b6-5-,13-9?;;. The Balaban J connectivity index is 0. The van der Waals surface area contributed by atoms with Crippen LogP contribution in [0.5, 0.6) is 0 Å². The van der Waals surface area contributed by atoms with Crippen molar-refractivity contribution in [3.8, 4) is 0 Å². The largest absolute Gasteiger partial charge is 0.519 e. The van der Waals surface area contributed by atoms with Crippen LogP contribution in [-0.2, 0) is 37.5 Å². The van der Waals surface area contributed by atoms with E-state index in [0.717, 1.165) is 17.8 Å². The molecule has 0 spiro atoms. The second kappa shape index (κ2) is 12.3. The minimum Gasteiger partial charge on any atom is -0.519 e. The van der Waals surface area contributed by atoms with Crippen LogP contribution in [0.3, 0.4) is 0 Å². The molecule has 0 bridgehead atoms.